The molecular weight excluding hydrogens is 252 g/mol. The summed E-state index contributed by atoms with van der Waals surface area (Å²) in [6.45, 7) is 1.99. The van der Waals surface area contributed by atoms with E-state index in [1.165, 1.54) is 31.4 Å². The molecule has 0 N–H and O–H groups in total. The van der Waals surface area contributed by atoms with E-state index in [4.69, 9.17) is 0 Å². The third-order valence-electron chi connectivity index (χ3n) is 4.49. The lowest BCUT2D eigenvalue weighted by molar-refractivity contribution is 0.230. The van der Waals surface area contributed by atoms with Gasteiger partial charge in [0.15, 0.2) is 5.82 Å². The number of nitrogens with zero attached hydrogens (tertiary/aromatic N) is 6. The van der Waals surface area contributed by atoms with Gasteiger partial charge in [-0.05, 0) is 54.8 Å². The van der Waals surface area contributed by atoms with Crippen LogP contribution in [0.15, 0.2) is 18.3 Å². The largest absolute Gasteiger partial charge is 0.353 e. The summed E-state index contributed by atoms with van der Waals surface area (Å²) < 4.78 is 4.26. The summed E-state index contributed by atoms with van der Waals surface area (Å²) in [6, 6.07) is 5.41. The Kier molecular flexibility index (Phi) is 2.84. The van der Waals surface area contributed by atoms with E-state index in [1.54, 1.807) is 0 Å². The Bertz CT molecular complexity index is 596. The fourth-order valence-electron chi connectivity index (χ4n) is 3.27. The van der Waals surface area contributed by atoms with Crippen LogP contribution in [-0.2, 0) is 13.6 Å². The molecule has 6 heteroatoms. The summed E-state index contributed by atoms with van der Waals surface area (Å²) in [6.07, 6.45) is 7.04. The minimum atomic E-state index is 0.499. The zero-order chi connectivity index (χ0) is 13.5. The summed E-state index contributed by atoms with van der Waals surface area (Å²) in [5.41, 5.74) is 1.40. The first-order chi connectivity index (χ1) is 9.83. The first kappa shape index (κ1) is 12.1. The maximum Gasteiger partial charge on any atom is 0.165 e. The van der Waals surface area contributed by atoms with Crippen LogP contribution in [0, 0.1) is 0 Å². The lowest BCUT2D eigenvalue weighted by atomic mass is 10.1. The molecule has 1 unspecified atom stereocenters. The minimum absolute atomic E-state index is 0.499. The molecule has 20 heavy (non-hydrogen) atoms. The van der Waals surface area contributed by atoms with Crippen molar-refractivity contribution in [3.63, 3.8) is 0 Å². The molecule has 1 saturated carbocycles. The van der Waals surface area contributed by atoms with E-state index >= 15 is 0 Å². The van der Waals surface area contributed by atoms with Gasteiger partial charge >= 0.3 is 0 Å². The van der Waals surface area contributed by atoms with Crippen LogP contribution in [0.25, 0.3) is 0 Å². The molecule has 0 bridgehead atoms. The number of hydrogen-bond donors (Lipinski definition) is 0. The Balaban J connectivity index is 1.55. The van der Waals surface area contributed by atoms with Gasteiger partial charge < -0.3 is 4.57 Å². The van der Waals surface area contributed by atoms with Gasteiger partial charge in [0.25, 0.3) is 0 Å². The van der Waals surface area contributed by atoms with Crippen LogP contribution < -0.4 is 0 Å². The van der Waals surface area contributed by atoms with Gasteiger partial charge in [-0.2, -0.15) is 0 Å². The third kappa shape index (κ3) is 2.04. The van der Waals surface area contributed by atoms with Gasteiger partial charge in [-0.3, -0.25) is 4.90 Å². The molecule has 1 aliphatic carbocycles. The molecular formula is C14H20N6. The van der Waals surface area contributed by atoms with Crippen LogP contribution in [0.2, 0.25) is 0 Å². The zero-order valence-electron chi connectivity index (χ0n) is 11.8. The van der Waals surface area contributed by atoms with Crippen molar-refractivity contribution in [2.75, 3.05) is 6.54 Å². The first-order valence-electron chi connectivity index (χ1n) is 7.45. The SMILES string of the molecule is Cn1cccc1C1CCCN1Cc1nnnn1C1CC1. The molecule has 1 saturated heterocycles. The molecule has 2 aromatic rings. The van der Waals surface area contributed by atoms with E-state index in [9.17, 15) is 0 Å². The standard InChI is InChI=1S/C14H20N6/c1-18-8-2-4-12(18)13-5-3-9-19(13)10-14-15-16-17-20(14)11-6-7-11/h2,4,8,11,13H,3,5-7,9-10H2,1H3. The molecule has 0 aromatic carbocycles. The average Bonchev–Trinajstić information content (AvgIpc) is 2.86. The second-order valence-corrected chi connectivity index (χ2v) is 5.94. The van der Waals surface area contributed by atoms with E-state index in [0.29, 0.717) is 12.1 Å². The van der Waals surface area contributed by atoms with Crippen molar-refractivity contribution in [2.45, 2.75) is 44.3 Å². The monoisotopic (exact) mass is 272 g/mol. The molecule has 3 heterocycles. The minimum Gasteiger partial charge on any atom is -0.353 e. The van der Waals surface area contributed by atoms with Gasteiger partial charge in [0.05, 0.1) is 18.6 Å². The van der Waals surface area contributed by atoms with Crippen molar-refractivity contribution in [3.8, 4) is 0 Å². The summed E-state index contributed by atoms with van der Waals surface area (Å²) in [5.74, 6) is 1.02. The molecule has 2 aromatic heterocycles. The van der Waals surface area contributed by atoms with E-state index < -0.39 is 0 Å². The normalized spacial score (nSPS) is 23.6. The third-order valence-corrected chi connectivity index (χ3v) is 4.49. The van der Waals surface area contributed by atoms with Gasteiger partial charge in [-0.25, -0.2) is 4.68 Å². The molecule has 0 amide bonds. The Morgan fingerprint density at radius 3 is 2.95 bits per heavy atom. The Labute approximate surface area is 118 Å². The molecule has 2 aliphatic rings. The molecule has 0 spiro atoms. The van der Waals surface area contributed by atoms with E-state index in [2.05, 4.69) is 50.4 Å². The van der Waals surface area contributed by atoms with Crippen LogP contribution >= 0.6 is 0 Å². The highest BCUT2D eigenvalue weighted by molar-refractivity contribution is 5.13. The average molecular weight is 272 g/mol. The van der Waals surface area contributed by atoms with Crippen LogP contribution in [-0.4, -0.2) is 36.2 Å². The second-order valence-electron chi connectivity index (χ2n) is 5.94. The predicted octanol–water partition coefficient (Wildman–Crippen LogP) is 1.68. The summed E-state index contributed by atoms with van der Waals surface area (Å²) >= 11 is 0. The number of likely N-dealkylation sites (tertiary alicyclic amines) is 1. The number of tetrazole rings is 1. The lowest BCUT2D eigenvalue weighted by Crippen LogP contribution is -2.26. The molecule has 4 rings (SSSR count). The molecule has 1 aliphatic heterocycles. The van der Waals surface area contributed by atoms with Gasteiger partial charge in [-0.1, -0.05) is 0 Å². The smallest absolute Gasteiger partial charge is 0.165 e. The Morgan fingerprint density at radius 2 is 2.20 bits per heavy atom. The Morgan fingerprint density at radius 1 is 1.30 bits per heavy atom. The molecule has 6 nitrogen and oxygen atoms in total. The highest BCUT2D eigenvalue weighted by Gasteiger charge is 2.32. The highest BCUT2D eigenvalue weighted by atomic mass is 15.6. The molecule has 0 radical (unpaired) electrons. The van der Waals surface area contributed by atoms with E-state index in [-0.39, 0.29) is 0 Å². The predicted molar refractivity (Wildman–Crippen MR) is 73.9 cm³/mol. The summed E-state index contributed by atoms with van der Waals surface area (Å²) in [4.78, 5) is 2.51. The zero-order valence-corrected chi connectivity index (χ0v) is 11.8. The van der Waals surface area contributed by atoms with Crippen molar-refractivity contribution >= 4 is 0 Å². The Hall–Kier alpha value is -1.69. The fourth-order valence-corrected chi connectivity index (χ4v) is 3.27. The van der Waals surface area contributed by atoms with Crippen molar-refractivity contribution in [1.29, 1.82) is 0 Å². The highest BCUT2D eigenvalue weighted by Crippen LogP contribution is 2.36. The molecule has 1 atom stereocenters. The topological polar surface area (TPSA) is 51.8 Å². The number of hydrogen-bond acceptors (Lipinski definition) is 4. The molecule has 2 fully saturated rings. The maximum atomic E-state index is 4.23. The lowest BCUT2D eigenvalue weighted by Gasteiger charge is -2.24. The van der Waals surface area contributed by atoms with Gasteiger partial charge in [0.2, 0.25) is 0 Å². The van der Waals surface area contributed by atoms with Crippen molar-refractivity contribution in [2.24, 2.45) is 7.05 Å². The first-order valence-corrected chi connectivity index (χ1v) is 7.45. The number of aryl methyl sites for hydroxylation is 1. The number of rotatable bonds is 4. The van der Waals surface area contributed by atoms with Gasteiger partial charge in [-0.15, -0.1) is 5.10 Å². The van der Waals surface area contributed by atoms with Crippen LogP contribution in [0.4, 0.5) is 0 Å². The molecule has 106 valence electrons. The van der Waals surface area contributed by atoms with Crippen molar-refractivity contribution < 1.29 is 0 Å². The van der Waals surface area contributed by atoms with Crippen LogP contribution in [0.3, 0.4) is 0 Å². The summed E-state index contributed by atoms with van der Waals surface area (Å²) in [7, 11) is 2.13. The fraction of sp³-hybridized carbons (Fsp3) is 0.643. The van der Waals surface area contributed by atoms with E-state index in [0.717, 1.165) is 18.9 Å². The number of aromatic nitrogens is 5. The van der Waals surface area contributed by atoms with E-state index in [1.807, 2.05) is 4.68 Å². The maximum absolute atomic E-state index is 4.23. The van der Waals surface area contributed by atoms with Crippen LogP contribution in [0.5, 0.6) is 0 Å². The van der Waals surface area contributed by atoms with Crippen molar-refractivity contribution in [1.82, 2.24) is 29.7 Å². The summed E-state index contributed by atoms with van der Waals surface area (Å²) in [5, 5.41) is 12.2. The van der Waals surface area contributed by atoms with Crippen molar-refractivity contribution in [3.05, 3.63) is 29.8 Å². The van der Waals surface area contributed by atoms with Crippen LogP contribution in [0.1, 0.15) is 49.3 Å². The second kappa shape index (κ2) is 4.70. The van der Waals surface area contributed by atoms with Gasteiger partial charge in [0.1, 0.15) is 0 Å². The van der Waals surface area contributed by atoms with Gasteiger partial charge in [0, 0.05) is 18.9 Å². The quantitative estimate of drug-likeness (QED) is 0.850.